The van der Waals surface area contributed by atoms with Crippen LogP contribution in [0.4, 0.5) is 0 Å². The van der Waals surface area contributed by atoms with Gasteiger partial charge in [0.15, 0.2) is 0 Å². The Morgan fingerprint density at radius 3 is 2.28 bits per heavy atom. The molecule has 1 saturated heterocycles. The van der Waals surface area contributed by atoms with Crippen molar-refractivity contribution in [3.63, 3.8) is 0 Å². The molecular formula is C20H20ClN3O4S. The first-order valence-electron chi connectivity index (χ1n) is 9.01. The largest absolute Gasteiger partial charge is 0.269 e. The lowest BCUT2D eigenvalue weighted by Gasteiger charge is -2.15. The van der Waals surface area contributed by atoms with Crippen molar-refractivity contribution in [3.05, 3.63) is 70.8 Å². The molecule has 1 heterocycles. The van der Waals surface area contributed by atoms with Crippen LogP contribution in [0.3, 0.4) is 0 Å². The maximum atomic E-state index is 12.5. The van der Waals surface area contributed by atoms with Crippen LogP contribution in [0.15, 0.2) is 59.5 Å². The van der Waals surface area contributed by atoms with E-state index in [2.05, 4.69) is 10.9 Å². The first kappa shape index (κ1) is 21.0. The van der Waals surface area contributed by atoms with Gasteiger partial charge in [-0.05, 0) is 54.8 Å². The van der Waals surface area contributed by atoms with Crippen molar-refractivity contribution in [2.75, 3.05) is 13.1 Å². The fraction of sp³-hybridized carbons (Fsp3) is 0.200. The quantitative estimate of drug-likeness (QED) is 0.559. The number of carbonyl (C=O) groups is 2. The second-order valence-corrected chi connectivity index (χ2v) is 8.78. The molecule has 0 bridgehead atoms. The Hall–Kier alpha value is -2.68. The highest BCUT2D eigenvalue weighted by atomic mass is 35.5. The van der Waals surface area contributed by atoms with Gasteiger partial charge in [0, 0.05) is 29.8 Å². The summed E-state index contributed by atoms with van der Waals surface area (Å²) < 4.78 is 26.4. The fourth-order valence-corrected chi connectivity index (χ4v) is 4.58. The third-order valence-corrected chi connectivity index (χ3v) is 6.70. The van der Waals surface area contributed by atoms with Crippen LogP contribution in [0.1, 0.15) is 28.8 Å². The Labute approximate surface area is 174 Å². The fourth-order valence-electron chi connectivity index (χ4n) is 2.86. The number of nitrogens with one attached hydrogen (secondary N) is 2. The standard InChI is InChI=1S/C20H20ClN3O4S/c21-18-6-2-1-5-15(18)9-12-19(25)22-23-20(26)16-7-10-17(11-8-16)29(27,28)24-13-3-4-14-24/h1-2,5-12H,3-4,13-14H2,(H,22,25)(H,23,26)/b12-9+. The molecule has 0 aliphatic carbocycles. The summed E-state index contributed by atoms with van der Waals surface area (Å²) in [7, 11) is -3.53. The molecule has 0 atom stereocenters. The lowest BCUT2D eigenvalue weighted by atomic mass is 10.2. The predicted molar refractivity (Wildman–Crippen MR) is 111 cm³/mol. The predicted octanol–water partition coefficient (Wildman–Crippen LogP) is 2.60. The van der Waals surface area contributed by atoms with E-state index in [0.29, 0.717) is 23.7 Å². The number of hydrogen-bond acceptors (Lipinski definition) is 4. The molecule has 1 aliphatic rings. The average Bonchev–Trinajstić information content (AvgIpc) is 3.27. The molecule has 0 radical (unpaired) electrons. The van der Waals surface area contributed by atoms with Gasteiger partial charge < -0.3 is 0 Å². The van der Waals surface area contributed by atoms with Gasteiger partial charge in [-0.1, -0.05) is 29.8 Å². The summed E-state index contributed by atoms with van der Waals surface area (Å²) in [6, 6.07) is 12.6. The summed E-state index contributed by atoms with van der Waals surface area (Å²) in [5.74, 6) is -1.10. The van der Waals surface area contributed by atoms with E-state index in [-0.39, 0.29) is 10.5 Å². The molecule has 152 valence electrons. The Morgan fingerprint density at radius 1 is 0.966 bits per heavy atom. The molecule has 7 nitrogen and oxygen atoms in total. The van der Waals surface area contributed by atoms with Crippen LogP contribution in [0.25, 0.3) is 6.08 Å². The number of benzene rings is 2. The van der Waals surface area contributed by atoms with E-state index in [1.165, 1.54) is 40.7 Å². The molecular weight excluding hydrogens is 414 g/mol. The SMILES string of the molecule is O=C(/C=C/c1ccccc1Cl)NNC(=O)c1ccc(S(=O)(=O)N2CCCC2)cc1. The molecule has 0 unspecified atom stereocenters. The third-order valence-electron chi connectivity index (χ3n) is 4.44. The van der Waals surface area contributed by atoms with E-state index >= 15 is 0 Å². The first-order chi connectivity index (χ1) is 13.9. The Bertz CT molecular complexity index is 1030. The summed E-state index contributed by atoms with van der Waals surface area (Å²) in [6.07, 6.45) is 4.48. The molecule has 0 spiro atoms. The summed E-state index contributed by atoms with van der Waals surface area (Å²) in [5, 5.41) is 0.504. The molecule has 2 amide bonds. The molecule has 29 heavy (non-hydrogen) atoms. The van der Waals surface area contributed by atoms with Crippen molar-refractivity contribution in [2.24, 2.45) is 0 Å². The van der Waals surface area contributed by atoms with Gasteiger partial charge in [0.05, 0.1) is 4.90 Å². The summed E-state index contributed by atoms with van der Waals surface area (Å²) >= 11 is 6.00. The molecule has 9 heteroatoms. The summed E-state index contributed by atoms with van der Waals surface area (Å²) in [4.78, 5) is 24.2. The van der Waals surface area contributed by atoms with Gasteiger partial charge in [0.2, 0.25) is 10.0 Å². The number of carbonyl (C=O) groups excluding carboxylic acids is 2. The van der Waals surface area contributed by atoms with Gasteiger partial charge in [0.25, 0.3) is 11.8 Å². The highest BCUT2D eigenvalue weighted by Gasteiger charge is 2.27. The van der Waals surface area contributed by atoms with Gasteiger partial charge in [-0.15, -0.1) is 0 Å². The lowest BCUT2D eigenvalue weighted by Crippen LogP contribution is -2.40. The van der Waals surface area contributed by atoms with Gasteiger partial charge in [-0.2, -0.15) is 4.31 Å². The number of nitrogens with zero attached hydrogens (tertiary/aromatic N) is 1. The summed E-state index contributed by atoms with van der Waals surface area (Å²) in [5.41, 5.74) is 5.44. The zero-order valence-electron chi connectivity index (χ0n) is 15.5. The normalized spacial score (nSPS) is 14.8. The maximum Gasteiger partial charge on any atom is 0.269 e. The summed E-state index contributed by atoms with van der Waals surface area (Å²) in [6.45, 7) is 1.02. The van der Waals surface area contributed by atoms with E-state index in [4.69, 9.17) is 11.6 Å². The Morgan fingerprint density at radius 2 is 1.62 bits per heavy atom. The van der Waals surface area contributed by atoms with E-state index < -0.39 is 21.8 Å². The molecule has 2 N–H and O–H groups in total. The van der Waals surface area contributed by atoms with Crippen LogP contribution < -0.4 is 10.9 Å². The molecule has 2 aromatic rings. The van der Waals surface area contributed by atoms with E-state index in [9.17, 15) is 18.0 Å². The minimum absolute atomic E-state index is 0.141. The number of hydrogen-bond donors (Lipinski definition) is 2. The van der Waals surface area contributed by atoms with Crippen molar-refractivity contribution < 1.29 is 18.0 Å². The highest BCUT2D eigenvalue weighted by molar-refractivity contribution is 7.89. The Kier molecular flexibility index (Phi) is 6.68. The number of halogens is 1. The van der Waals surface area contributed by atoms with Crippen LogP contribution >= 0.6 is 11.6 Å². The van der Waals surface area contributed by atoms with E-state index in [1.54, 1.807) is 24.3 Å². The van der Waals surface area contributed by atoms with Crippen molar-refractivity contribution in [3.8, 4) is 0 Å². The van der Waals surface area contributed by atoms with Crippen molar-refractivity contribution in [1.82, 2.24) is 15.2 Å². The molecule has 1 aliphatic heterocycles. The van der Waals surface area contributed by atoms with Crippen LogP contribution in [-0.2, 0) is 14.8 Å². The van der Waals surface area contributed by atoms with Gasteiger partial charge in [-0.3, -0.25) is 20.4 Å². The van der Waals surface area contributed by atoms with Crippen LogP contribution in [0.5, 0.6) is 0 Å². The molecule has 0 saturated carbocycles. The zero-order valence-corrected chi connectivity index (χ0v) is 17.0. The molecule has 0 aromatic heterocycles. The average molecular weight is 434 g/mol. The van der Waals surface area contributed by atoms with Crippen molar-refractivity contribution in [2.45, 2.75) is 17.7 Å². The number of sulfonamides is 1. The second-order valence-electron chi connectivity index (χ2n) is 6.43. The topological polar surface area (TPSA) is 95.6 Å². The number of amides is 2. The minimum atomic E-state index is -3.53. The molecule has 1 fully saturated rings. The van der Waals surface area contributed by atoms with Crippen LogP contribution in [0.2, 0.25) is 5.02 Å². The lowest BCUT2D eigenvalue weighted by molar-refractivity contribution is -0.117. The number of hydrazine groups is 1. The Balaban J connectivity index is 1.57. The highest BCUT2D eigenvalue weighted by Crippen LogP contribution is 2.21. The molecule has 3 rings (SSSR count). The van der Waals surface area contributed by atoms with Crippen LogP contribution in [-0.4, -0.2) is 37.6 Å². The van der Waals surface area contributed by atoms with Gasteiger partial charge in [-0.25, -0.2) is 8.42 Å². The zero-order chi connectivity index (χ0) is 20.9. The maximum absolute atomic E-state index is 12.5. The van der Waals surface area contributed by atoms with E-state index in [1.807, 2.05) is 0 Å². The smallest absolute Gasteiger partial charge is 0.268 e. The minimum Gasteiger partial charge on any atom is -0.268 e. The van der Waals surface area contributed by atoms with Gasteiger partial charge in [0.1, 0.15) is 0 Å². The third kappa shape index (κ3) is 5.23. The van der Waals surface area contributed by atoms with Crippen LogP contribution in [0, 0.1) is 0 Å². The van der Waals surface area contributed by atoms with E-state index in [0.717, 1.165) is 12.8 Å². The van der Waals surface area contributed by atoms with Gasteiger partial charge >= 0.3 is 0 Å². The number of rotatable bonds is 5. The second kappa shape index (κ2) is 9.21. The first-order valence-corrected chi connectivity index (χ1v) is 10.8. The van der Waals surface area contributed by atoms with Crippen molar-refractivity contribution in [1.29, 1.82) is 0 Å². The monoisotopic (exact) mass is 433 g/mol. The molecule has 2 aromatic carbocycles. The van der Waals surface area contributed by atoms with Crippen molar-refractivity contribution >= 4 is 39.5 Å².